The molecule has 32 heavy (non-hydrogen) atoms. The minimum atomic E-state index is -0.520. The second kappa shape index (κ2) is 13.4. The molecule has 0 aromatic heterocycles. The first-order valence-corrected chi connectivity index (χ1v) is 11.4. The molecule has 0 fully saturated rings. The van der Waals surface area contributed by atoms with E-state index in [4.69, 9.17) is 9.47 Å². The van der Waals surface area contributed by atoms with Crippen molar-refractivity contribution in [3.8, 4) is 11.5 Å². The molecule has 2 rings (SSSR count). The van der Waals surface area contributed by atoms with Crippen LogP contribution in [0.25, 0.3) is 0 Å². The van der Waals surface area contributed by atoms with Gasteiger partial charge in [-0.05, 0) is 56.0 Å². The molecule has 0 aliphatic carbocycles. The van der Waals surface area contributed by atoms with Crippen LogP contribution in [0.5, 0.6) is 11.5 Å². The van der Waals surface area contributed by atoms with Crippen LogP contribution >= 0.6 is 0 Å². The SMILES string of the molecule is CC[C@@H](C)NC(=O)[C@@H](CC)N(Cc1ccc(OC)cc1)C(=O)CCCOc1ccccc1. The van der Waals surface area contributed by atoms with Crippen molar-refractivity contribution >= 4 is 11.8 Å². The molecule has 0 aliphatic heterocycles. The minimum Gasteiger partial charge on any atom is -0.497 e. The smallest absolute Gasteiger partial charge is 0.243 e. The fourth-order valence-corrected chi connectivity index (χ4v) is 3.36. The summed E-state index contributed by atoms with van der Waals surface area (Å²) in [5, 5.41) is 3.03. The Balaban J connectivity index is 2.07. The van der Waals surface area contributed by atoms with Gasteiger partial charge in [0.1, 0.15) is 17.5 Å². The molecule has 0 aliphatic rings. The lowest BCUT2D eigenvalue weighted by Crippen LogP contribution is -2.50. The molecule has 2 aromatic rings. The van der Waals surface area contributed by atoms with E-state index >= 15 is 0 Å². The number of methoxy groups -OCH3 is 1. The number of hydrogen-bond donors (Lipinski definition) is 1. The van der Waals surface area contributed by atoms with Crippen molar-refractivity contribution in [2.24, 2.45) is 0 Å². The van der Waals surface area contributed by atoms with E-state index in [1.165, 1.54) is 0 Å². The van der Waals surface area contributed by atoms with Gasteiger partial charge in [-0.25, -0.2) is 0 Å². The van der Waals surface area contributed by atoms with Crippen molar-refractivity contribution in [3.05, 3.63) is 60.2 Å². The first kappa shape index (κ1) is 25.2. The van der Waals surface area contributed by atoms with Crippen LogP contribution in [0.15, 0.2) is 54.6 Å². The lowest BCUT2D eigenvalue weighted by Gasteiger charge is -2.31. The van der Waals surface area contributed by atoms with Crippen LogP contribution in [0.1, 0.15) is 52.0 Å². The maximum Gasteiger partial charge on any atom is 0.243 e. The lowest BCUT2D eigenvalue weighted by molar-refractivity contribution is -0.141. The molecule has 6 nitrogen and oxygen atoms in total. The monoisotopic (exact) mass is 440 g/mol. The van der Waals surface area contributed by atoms with E-state index in [-0.39, 0.29) is 17.9 Å². The van der Waals surface area contributed by atoms with E-state index in [9.17, 15) is 9.59 Å². The molecular weight excluding hydrogens is 404 g/mol. The zero-order chi connectivity index (χ0) is 23.3. The zero-order valence-corrected chi connectivity index (χ0v) is 19.7. The normalized spacial score (nSPS) is 12.5. The highest BCUT2D eigenvalue weighted by molar-refractivity contribution is 5.87. The number of carbonyl (C=O) groups excluding carboxylic acids is 2. The second-order valence-corrected chi connectivity index (χ2v) is 7.88. The van der Waals surface area contributed by atoms with Crippen LogP contribution in [0.2, 0.25) is 0 Å². The number of ether oxygens (including phenoxy) is 2. The molecule has 6 heteroatoms. The molecule has 0 saturated carbocycles. The fourth-order valence-electron chi connectivity index (χ4n) is 3.36. The van der Waals surface area contributed by atoms with Crippen LogP contribution < -0.4 is 14.8 Å². The molecule has 174 valence electrons. The number of carbonyl (C=O) groups is 2. The third-order valence-corrected chi connectivity index (χ3v) is 5.45. The van der Waals surface area contributed by atoms with Gasteiger partial charge in [0.2, 0.25) is 11.8 Å². The molecule has 2 amide bonds. The van der Waals surface area contributed by atoms with E-state index in [0.29, 0.717) is 32.4 Å². The fraction of sp³-hybridized carbons (Fsp3) is 0.462. The van der Waals surface area contributed by atoms with Gasteiger partial charge in [0.25, 0.3) is 0 Å². The van der Waals surface area contributed by atoms with Gasteiger partial charge in [-0.3, -0.25) is 9.59 Å². The van der Waals surface area contributed by atoms with Crippen molar-refractivity contribution in [1.29, 1.82) is 0 Å². The first-order valence-electron chi connectivity index (χ1n) is 11.4. The summed E-state index contributed by atoms with van der Waals surface area (Å²) in [5.41, 5.74) is 0.953. The van der Waals surface area contributed by atoms with Crippen LogP contribution in [0.3, 0.4) is 0 Å². The summed E-state index contributed by atoms with van der Waals surface area (Å²) >= 11 is 0. The molecule has 0 radical (unpaired) electrons. The van der Waals surface area contributed by atoms with E-state index in [1.807, 2.05) is 75.4 Å². The van der Waals surface area contributed by atoms with Crippen molar-refractivity contribution in [1.82, 2.24) is 10.2 Å². The molecular formula is C26H36N2O4. The van der Waals surface area contributed by atoms with Crippen molar-refractivity contribution in [3.63, 3.8) is 0 Å². The summed E-state index contributed by atoms with van der Waals surface area (Å²) in [6.07, 6.45) is 2.28. The predicted octanol–water partition coefficient (Wildman–Crippen LogP) is 4.58. The van der Waals surface area contributed by atoms with Gasteiger partial charge in [-0.15, -0.1) is 0 Å². The maximum absolute atomic E-state index is 13.2. The lowest BCUT2D eigenvalue weighted by atomic mass is 10.1. The highest BCUT2D eigenvalue weighted by atomic mass is 16.5. The van der Waals surface area contributed by atoms with E-state index in [2.05, 4.69) is 5.32 Å². The summed E-state index contributed by atoms with van der Waals surface area (Å²) < 4.78 is 10.9. The molecule has 2 aromatic carbocycles. The van der Waals surface area contributed by atoms with Gasteiger partial charge < -0.3 is 19.7 Å². The highest BCUT2D eigenvalue weighted by Gasteiger charge is 2.28. The molecule has 0 spiro atoms. The van der Waals surface area contributed by atoms with Crippen LogP contribution in [-0.4, -0.2) is 42.5 Å². The Morgan fingerprint density at radius 2 is 1.66 bits per heavy atom. The third-order valence-electron chi connectivity index (χ3n) is 5.45. The van der Waals surface area contributed by atoms with Crippen LogP contribution in [0, 0.1) is 0 Å². The number of rotatable bonds is 13. The summed E-state index contributed by atoms with van der Waals surface area (Å²) in [7, 11) is 1.62. The Morgan fingerprint density at radius 1 is 0.969 bits per heavy atom. The molecule has 0 bridgehead atoms. The van der Waals surface area contributed by atoms with Crippen LogP contribution in [0.4, 0.5) is 0 Å². The Bertz CT molecular complexity index is 823. The first-order chi connectivity index (χ1) is 15.5. The Labute approximate surface area is 191 Å². The summed E-state index contributed by atoms with van der Waals surface area (Å²) in [5.74, 6) is 1.38. The summed E-state index contributed by atoms with van der Waals surface area (Å²) in [6.45, 7) is 6.75. The molecule has 2 atom stereocenters. The summed E-state index contributed by atoms with van der Waals surface area (Å²) in [6, 6.07) is 16.7. The number of nitrogens with zero attached hydrogens (tertiary/aromatic N) is 1. The average molecular weight is 441 g/mol. The molecule has 1 N–H and O–H groups in total. The largest absolute Gasteiger partial charge is 0.497 e. The van der Waals surface area contributed by atoms with Crippen molar-refractivity contribution in [2.75, 3.05) is 13.7 Å². The molecule has 0 unspecified atom stereocenters. The van der Waals surface area contributed by atoms with Gasteiger partial charge in [0.15, 0.2) is 0 Å². The van der Waals surface area contributed by atoms with E-state index < -0.39 is 6.04 Å². The quantitative estimate of drug-likeness (QED) is 0.463. The Hall–Kier alpha value is -3.02. The standard InChI is InChI=1S/C26H36N2O4/c1-5-20(3)27-26(30)24(6-2)28(19-21-14-16-22(31-4)17-15-21)25(29)13-10-18-32-23-11-8-7-9-12-23/h7-9,11-12,14-17,20,24H,5-6,10,13,18-19H2,1-4H3,(H,27,30)/t20-,24-/m1/s1. The topological polar surface area (TPSA) is 67.9 Å². The number of nitrogens with one attached hydrogen (secondary N) is 1. The predicted molar refractivity (Wildman–Crippen MR) is 127 cm³/mol. The highest BCUT2D eigenvalue weighted by Crippen LogP contribution is 2.18. The summed E-state index contributed by atoms with van der Waals surface area (Å²) in [4.78, 5) is 27.8. The van der Waals surface area contributed by atoms with Gasteiger partial charge in [0, 0.05) is 19.0 Å². The molecule has 0 heterocycles. The Kier molecular flexibility index (Phi) is 10.6. The minimum absolute atomic E-state index is 0.0522. The molecule has 0 saturated heterocycles. The second-order valence-electron chi connectivity index (χ2n) is 7.88. The van der Waals surface area contributed by atoms with Crippen LogP contribution in [-0.2, 0) is 16.1 Å². The number of benzene rings is 2. The van der Waals surface area contributed by atoms with Gasteiger partial charge >= 0.3 is 0 Å². The van der Waals surface area contributed by atoms with Crippen molar-refractivity contribution < 1.29 is 19.1 Å². The maximum atomic E-state index is 13.2. The van der Waals surface area contributed by atoms with Gasteiger partial charge in [-0.1, -0.05) is 44.2 Å². The zero-order valence-electron chi connectivity index (χ0n) is 19.7. The van der Waals surface area contributed by atoms with E-state index in [1.54, 1.807) is 12.0 Å². The average Bonchev–Trinajstić information content (AvgIpc) is 2.82. The number of para-hydroxylation sites is 1. The Morgan fingerprint density at radius 3 is 2.25 bits per heavy atom. The van der Waals surface area contributed by atoms with Crippen molar-refractivity contribution in [2.45, 2.75) is 65.1 Å². The number of hydrogen-bond acceptors (Lipinski definition) is 4. The van der Waals surface area contributed by atoms with Gasteiger partial charge in [0.05, 0.1) is 13.7 Å². The van der Waals surface area contributed by atoms with E-state index in [0.717, 1.165) is 23.5 Å². The number of amides is 2. The third kappa shape index (κ3) is 7.91. The van der Waals surface area contributed by atoms with Gasteiger partial charge in [-0.2, -0.15) is 0 Å².